The largest absolute Gasteiger partial charge is 0.357 e. The minimum Gasteiger partial charge on any atom is -0.357 e. The zero-order valence-corrected chi connectivity index (χ0v) is 13.3. The number of nitrogens with zero attached hydrogens (tertiary/aromatic N) is 1. The number of H-pyrrole nitrogens is 1. The Kier molecular flexibility index (Phi) is 6.54. The van der Waals surface area contributed by atoms with Gasteiger partial charge in [0.2, 0.25) is 0 Å². The summed E-state index contributed by atoms with van der Waals surface area (Å²) in [6.45, 7) is 5.04. The van der Waals surface area contributed by atoms with Crippen LogP contribution in [0.25, 0.3) is 0 Å². The first kappa shape index (κ1) is 17.8. The number of aryl methyl sites for hydroxylation is 1. The van der Waals surface area contributed by atoms with Gasteiger partial charge in [0.05, 0.1) is 18.9 Å². The molecule has 0 aliphatic heterocycles. The van der Waals surface area contributed by atoms with E-state index in [1.54, 1.807) is 20.8 Å². The molecule has 21 heavy (non-hydrogen) atoms. The average molecular weight is 320 g/mol. The Hall–Kier alpha value is -1.21. The van der Waals surface area contributed by atoms with E-state index >= 15 is 0 Å². The van der Waals surface area contributed by atoms with Gasteiger partial charge in [0.15, 0.2) is 0 Å². The van der Waals surface area contributed by atoms with Crippen molar-refractivity contribution in [3.8, 4) is 0 Å². The molecule has 0 aliphatic carbocycles. The van der Waals surface area contributed by atoms with E-state index in [0.29, 0.717) is 12.0 Å². The lowest BCUT2D eigenvalue weighted by molar-refractivity contribution is 0.0124. The minimum absolute atomic E-state index is 0.110. The van der Waals surface area contributed by atoms with E-state index in [-0.39, 0.29) is 19.5 Å². The van der Waals surface area contributed by atoms with Crippen LogP contribution in [0.1, 0.15) is 25.8 Å². The van der Waals surface area contributed by atoms with Gasteiger partial charge in [0, 0.05) is 11.8 Å². The number of hydrogen-bond donors (Lipinski definition) is 2. The van der Waals surface area contributed by atoms with E-state index in [1.807, 2.05) is 0 Å². The molecule has 1 rings (SSSR count). The molecule has 2 atom stereocenters. The molecule has 0 saturated carbocycles. The van der Waals surface area contributed by atoms with Crippen molar-refractivity contribution in [3.63, 3.8) is 0 Å². The molecule has 1 aromatic heterocycles. The Balaban J connectivity index is 2.72. The summed E-state index contributed by atoms with van der Waals surface area (Å²) in [5.74, 6) is 0. The molecule has 0 fully saturated rings. The third kappa shape index (κ3) is 5.59. The summed E-state index contributed by atoms with van der Waals surface area (Å²) in [4.78, 5) is 34.6. The summed E-state index contributed by atoms with van der Waals surface area (Å²) in [5.41, 5.74) is -0.648. The van der Waals surface area contributed by atoms with Crippen molar-refractivity contribution >= 4 is 7.60 Å². The van der Waals surface area contributed by atoms with E-state index in [9.17, 15) is 19.0 Å². The predicted octanol–water partition coefficient (Wildman–Crippen LogP) is 0.820. The molecule has 0 radical (unpaired) electrons. The fourth-order valence-electron chi connectivity index (χ4n) is 1.71. The molecule has 0 amide bonds. The predicted molar refractivity (Wildman–Crippen MR) is 77.5 cm³/mol. The Morgan fingerprint density at radius 1 is 1.43 bits per heavy atom. The Morgan fingerprint density at radius 3 is 2.67 bits per heavy atom. The van der Waals surface area contributed by atoms with Crippen LogP contribution < -0.4 is 11.2 Å². The van der Waals surface area contributed by atoms with Crippen LogP contribution in [-0.2, 0) is 20.6 Å². The first-order valence-corrected chi connectivity index (χ1v) is 8.43. The number of aromatic amines is 1. The van der Waals surface area contributed by atoms with E-state index in [2.05, 4.69) is 4.98 Å². The summed E-state index contributed by atoms with van der Waals surface area (Å²) < 4.78 is 23.1. The summed E-state index contributed by atoms with van der Waals surface area (Å²) in [7, 11) is -3.69. The van der Waals surface area contributed by atoms with Gasteiger partial charge in [-0.1, -0.05) is 6.92 Å². The molecule has 1 unspecified atom stereocenters. The summed E-state index contributed by atoms with van der Waals surface area (Å²) in [5, 5.41) is 0. The molecule has 0 aromatic carbocycles. The van der Waals surface area contributed by atoms with Crippen LogP contribution in [0, 0.1) is 6.92 Å². The third-order valence-corrected chi connectivity index (χ3v) is 4.39. The first-order valence-electron chi connectivity index (χ1n) is 6.67. The lowest BCUT2D eigenvalue weighted by atomic mass is 10.3. The van der Waals surface area contributed by atoms with Gasteiger partial charge in [-0.25, -0.2) is 4.79 Å². The Bertz CT molecular complexity index is 623. The van der Waals surface area contributed by atoms with Crippen molar-refractivity contribution in [1.82, 2.24) is 9.55 Å². The van der Waals surface area contributed by atoms with Crippen LogP contribution in [0.3, 0.4) is 0 Å². The van der Waals surface area contributed by atoms with Gasteiger partial charge in [-0.15, -0.1) is 0 Å². The van der Waals surface area contributed by atoms with E-state index in [1.165, 1.54) is 10.8 Å². The molecule has 1 heterocycles. The quantitative estimate of drug-likeness (QED) is 0.686. The highest BCUT2D eigenvalue weighted by atomic mass is 31.2. The third-order valence-electron chi connectivity index (χ3n) is 2.86. The van der Waals surface area contributed by atoms with E-state index in [4.69, 9.17) is 9.26 Å². The maximum Gasteiger partial charge on any atom is 0.330 e. The molecule has 1 aromatic rings. The molecular formula is C12H21N2O6P. The smallest absolute Gasteiger partial charge is 0.330 e. The number of rotatable bonds is 8. The van der Waals surface area contributed by atoms with Gasteiger partial charge in [-0.05, 0) is 20.3 Å². The van der Waals surface area contributed by atoms with Gasteiger partial charge >= 0.3 is 13.3 Å². The van der Waals surface area contributed by atoms with Crippen LogP contribution in [0.2, 0.25) is 0 Å². The van der Waals surface area contributed by atoms with Crippen LogP contribution >= 0.6 is 7.60 Å². The highest BCUT2D eigenvalue weighted by molar-refractivity contribution is 7.52. The van der Waals surface area contributed by atoms with Gasteiger partial charge in [0.25, 0.3) is 5.56 Å². The maximum absolute atomic E-state index is 11.7. The van der Waals surface area contributed by atoms with Crippen molar-refractivity contribution < 1.29 is 18.7 Å². The minimum atomic E-state index is -3.69. The first-order chi connectivity index (χ1) is 9.79. The lowest BCUT2D eigenvalue weighted by Gasteiger charge is -2.19. The zero-order valence-electron chi connectivity index (χ0n) is 12.4. The van der Waals surface area contributed by atoms with Crippen molar-refractivity contribution in [3.05, 3.63) is 32.6 Å². The maximum atomic E-state index is 11.7. The Labute approximate surface area is 122 Å². The van der Waals surface area contributed by atoms with Crippen molar-refractivity contribution in [1.29, 1.82) is 0 Å². The molecule has 0 saturated heterocycles. The van der Waals surface area contributed by atoms with Crippen LogP contribution in [0.4, 0.5) is 0 Å². The highest BCUT2D eigenvalue weighted by Crippen LogP contribution is 2.43. The number of aromatic nitrogens is 2. The molecule has 8 nitrogen and oxygen atoms in total. The molecule has 0 spiro atoms. The second kappa shape index (κ2) is 7.70. The molecule has 0 bridgehead atoms. The summed E-state index contributed by atoms with van der Waals surface area (Å²) in [6, 6.07) is 0. The van der Waals surface area contributed by atoms with Gasteiger partial charge in [-0.2, -0.15) is 0 Å². The fourth-order valence-corrected chi connectivity index (χ4v) is 3.10. The SMILES string of the molecule is CCOP(=O)(O)C[C@@H](CC)OCn1cc(C)c(=O)[nH]c1=O. The van der Waals surface area contributed by atoms with Crippen LogP contribution in [0.15, 0.2) is 15.8 Å². The van der Waals surface area contributed by atoms with Gasteiger partial charge in [-0.3, -0.25) is 18.9 Å². The topological polar surface area (TPSA) is 111 Å². The molecule has 120 valence electrons. The second-order valence-electron chi connectivity index (χ2n) is 4.61. The fraction of sp³-hybridized carbons (Fsp3) is 0.667. The highest BCUT2D eigenvalue weighted by Gasteiger charge is 2.24. The van der Waals surface area contributed by atoms with E-state index in [0.717, 1.165) is 0 Å². The lowest BCUT2D eigenvalue weighted by Crippen LogP contribution is -2.32. The number of nitrogens with one attached hydrogen (secondary N) is 1. The monoisotopic (exact) mass is 320 g/mol. The van der Waals surface area contributed by atoms with Gasteiger partial charge < -0.3 is 14.2 Å². The summed E-state index contributed by atoms with van der Waals surface area (Å²) in [6.07, 6.45) is 1.21. The normalized spacial score (nSPS) is 15.6. The van der Waals surface area contributed by atoms with Crippen molar-refractivity contribution in [2.75, 3.05) is 12.8 Å². The molecule has 9 heteroatoms. The van der Waals surface area contributed by atoms with Crippen LogP contribution in [0.5, 0.6) is 0 Å². The van der Waals surface area contributed by atoms with Crippen LogP contribution in [-0.4, -0.2) is 33.3 Å². The average Bonchev–Trinajstić information content (AvgIpc) is 2.39. The van der Waals surface area contributed by atoms with Crippen molar-refractivity contribution in [2.24, 2.45) is 0 Å². The number of ether oxygens (including phenoxy) is 1. The van der Waals surface area contributed by atoms with E-state index < -0.39 is 24.9 Å². The molecule has 0 aliphatic rings. The second-order valence-corrected chi connectivity index (χ2v) is 6.50. The summed E-state index contributed by atoms with van der Waals surface area (Å²) >= 11 is 0. The Morgan fingerprint density at radius 2 is 2.10 bits per heavy atom. The number of hydrogen-bond acceptors (Lipinski definition) is 5. The standard InChI is InChI=1S/C12H21N2O6P/c1-4-10(7-21(17,18)20-5-2)19-8-14-6-9(3)11(15)13-12(14)16/h6,10H,4-5,7-8H2,1-3H3,(H,17,18)(H,13,15,16)/t10-/m1/s1. The molecule has 2 N–H and O–H groups in total. The van der Waals surface area contributed by atoms with Gasteiger partial charge in [0.1, 0.15) is 6.73 Å². The zero-order chi connectivity index (χ0) is 16.0. The van der Waals surface area contributed by atoms with Crippen molar-refractivity contribution in [2.45, 2.75) is 40.0 Å². The molecular weight excluding hydrogens is 299 g/mol.